The fourth-order valence-electron chi connectivity index (χ4n) is 2.01. The van der Waals surface area contributed by atoms with Gasteiger partial charge in [0, 0.05) is 10.9 Å². The average molecular weight is 246 g/mol. The molecule has 1 aromatic carbocycles. The van der Waals surface area contributed by atoms with E-state index in [1.54, 1.807) is 12.3 Å². The minimum absolute atomic E-state index is 0.543. The lowest BCUT2D eigenvalue weighted by Crippen LogP contribution is -2.16. The van der Waals surface area contributed by atoms with Crippen LogP contribution in [0.5, 0.6) is 11.5 Å². The number of aliphatic hydroxyl groups excluding tert-OH is 1. The van der Waals surface area contributed by atoms with Crippen LogP contribution in [0, 0.1) is 0 Å². The van der Waals surface area contributed by atoms with Crippen molar-refractivity contribution in [3.63, 3.8) is 0 Å². The maximum Gasteiger partial charge on any atom is 0.217 e. The number of hydrogen-bond donors (Lipinski definition) is 1. The van der Waals surface area contributed by atoms with Gasteiger partial charge < -0.3 is 19.0 Å². The molecule has 1 aliphatic rings. The Balaban J connectivity index is 2.18. The molecule has 94 valence electrons. The lowest BCUT2D eigenvalue weighted by atomic mass is 10.1. The van der Waals surface area contributed by atoms with Gasteiger partial charge in [-0.25, -0.2) is 0 Å². The Hall–Kier alpha value is -1.94. The van der Waals surface area contributed by atoms with Crippen LogP contribution >= 0.6 is 0 Å². The summed E-state index contributed by atoms with van der Waals surface area (Å²) in [4.78, 5) is 0. The molecule has 0 radical (unpaired) electrons. The standard InChI is InChI=1S/C14H14O4/c1-2-6-16-14-12-10(5-7-17-12)8-9-3-4-11(15)18-13(9)14/h3-5,7-8,11,15H,2,6H2,1H3. The predicted molar refractivity (Wildman–Crippen MR) is 67.7 cm³/mol. The maximum absolute atomic E-state index is 9.53. The van der Waals surface area contributed by atoms with Gasteiger partial charge in [0.1, 0.15) is 0 Å². The number of hydrogen-bond acceptors (Lipinski definition) is 4. The number of benzene rings is 1. The molecule has 4 heteroatoms. The van der Waals surface area contributed by atoms with Crippen LogP contribution in [0.3, 0.4) is 0 Å². The van der Waals surface area contributed by atoms with Crippen LogP contribution < -0.4 is 9.47 Å². The van der Waals surface area contributed by atoms with Crippen LogP contribution in [-0.4, -0.2) is 18.0 Å². The summed E-state index contributed by atoms with van der Waals surface area (Å²) in [6, 6.07) is 3.84. The summed E-state index contributed by atoms with van der Waals surface area (Å²) in [6.45, 7) is 2.61. The quantitative estimate of drug-likeness (QED) is 0.904. The lowest BCUT2D eigenvalue weighted by molar-refractivity contribution is 0.0206. The van der Waals surface area contributed by atoms with Crippen molar-refractivity contribution in [1.29, 1.82) is 0 Å². The Kier molecular flexibility index (Phi) is 2.72. The SMILES string of the molecule is CCCOc1c2c(cc3ccoc13)C=CC(O)O2. The molecule has 0 amide bonds. The molecule has 2 aromatic rings. The van der Waals surface area contributed by atoms with Gasteiger partial charge in [0.25, 0.3) is 0 Å². The molecule has 0 aliphatic carbocycles. The second-order valence-corrected chi connectivity index (χ2v) is 4.18. The molecule has 0 fully saturated rings. The molecule has 1 aliphatic heterocycles. The van der Waals surface area contributed by atoms with Gasteiger partial charge in [-0.3, -0.25) is 0 Å². The molecule has 18 heavy (non-hydrogen) atoms. The van der Waals surface area contributed by atoms with Crippen molar-refractivity contribution in [1.82, 2.24) is 0 Å². The van der Waals surface area contributed by atoms with E-state index in [0.29, 0.717) is 23.7 Å². The van der Waals surface area contributed by atoms with Crippen LogP contribution in [0.4, 0.5) is 0 Å². The van der Waals surface area contributed by atoms with E-state index in [-0.39, 0.29) is 0 Å². The monoisotopic (exact) mass is 246 g/mol. The minimum atomic E-state index is -0.936. The number of rotatable bonds is 3. The van der Waals surface area contributed by atoms with E-state index in [0.717, 1.165) is 17.4 Å². The fourth-order valence-corrected chi connectivity index (χ4v) is 2.01. The minimum Gasteiger partial charge on any atom is -0.486 e. The number of fused-ring (bicyclic) bond motifs is 2. The van der Waals surface area contributed by atoms with Crippen molar-refractivity contribution in [2.75, 3.05) is 6.61 Å². The topological polar surface area (TPSA) is 51.8 Å². The van der Waals surface area contributed by atoms with Gasteiger partial charge in [0.15, 0.2) is 11.3 Å². The molecule has 0 bridgehead atoms. The highest BCUT2D eigenvalue weighted by Gasteiger charge is 2.22. The molecular weight excluding hydrogens is 232 g/mol. The first-order valence-corrected chi connectivity index (χ1v) is 5.99. The highest BCUT2D eigenvalue weighted by atomic mass is 16.6. The van der Waals surface area contributed by atoms with Crippen molar-refractivity contribution in [2.24, 2.45) is 0 Å². The first-order chi connectivity index (χ1) is 8.79. The molecule has 0 spiro atoms. The average Bonchev–Trinajstić information content (AvgIpc) is 2.82. The van der Waals surface area contributed by atoms with Gasteiger partial charge in [-0.15, -0.1) is 0 Å². The van der Waals surface area contributed by atoms with Crippen LogP contribution in [-0.2, 0) is 0 Å². The zero-order chi connectivity index (χ0) is 12.5. The zero-order valence-corrected chi connectivity index (χ0v) is 10.1. The first-order valence-electron chi connectivity index (χ1n) is 5.99. The molecule has 0 saturated heterocycles. The third kappa shape index (κ3) is 1.75. The van der Waals surface area contributed by atoms with Gasteiger partial charge >= 0.3 is 0 Å². The Morgan fingerprint density at radius 2 is 2.33 bits per heavy atom. The molecule has 1 atom stereocenters. The molecule has 1 unspecified atom stereocenters. The van der Waals surface area contributed by atoms with Crippen molar-refractivity contribution < 1.29 is 19.0 Å². The third-order valence-electron chi connectivity index (χ3n) is 2.81. The van der Waals surface area contributed by atoms with Gasteiger partial charge in [-0.1, -0.05) is 6.92 Å². The number of aliphatic hydroxyl groups is 1. The van der Waals surface area contributed by atoms with E-state index in [2.05, 4.69) is 0 Å². The fraction of sp³-hybridized carbons (Fsp3) is 0.286. The maximum atomic E-state index is 9.53. The van der Waals surface area contributed by atoms with Crippen molar-refractivity contribution >= 4 is 17.0 Å². The molecular formula is C14H14O4. The van der Waals surface area contributed by atoms with E-state index in [9.17, 15) is 5.11 Å². The Bertz CT molecular complexity index is 597. The normalized spacial score (nSPS) is 17.6. The smallest absolute Gasteiger partial charge is 0.217 e. The van der Waals surface area contributed by atoms with Gasteiger partial charge in [0.05, 0.1) is 12.9 Å². The highest BCUT2D eigenvalue weighted by molar-refractivity contribution is 5.90. The van der Waals surface area contributed by atoms with Crippen LogP contribution in [0.2, 0.25) is 0 Å². The van der Waals surface area contributed by atoms with Crippen LogP contribution in [0.1, 0.15) is 18.9 Å². The lowest BCUT2D eigenvalue weighted by Gasteiger charge is -2.20. The molecule has 2 heterocycles. The summed E-state index contributed by atoms with van der Waals surface area (Å²) in [5.41, 5.74) is 1.55. The van der Waals surface area contributed by atoms with Crippen molar-refractivity contribution in [3.8, 4) is 11.5 Å². The van der Waals surface area contributed by atoms with Gasteiger partial charge in [-0.2, -0.15) is 0 Å². The number of ether oxygens (including phenoxy) is 2. The van der Waals surface area contributed by atoms with Crippen LogP contribution in [0.25, 0.3) is 17.0 Å². The van der Waals surface area contributed by atoms with E-state index >= 15 is 0 Å². The summed E-state index contributed by atoms with van der Waals surface area (Å²) in [6.07, 6.45) is 5.00. The van der Waals surface area contributed by atoms with Crippen molar-refractivity contribution in [2.45, 2.75) is 19.6 Å². The summed E-state index contributed by atoms with van der Waals surface area (Å²) >= 11 is 0. The van der Waals surface area contributed by atoms with E-state index in [1.807, 2.05) is 25.1 Å². The zero-order valence-electron chi connectivity index (χ0n) is 10.1. The summed E-state index contributed by atoms with van der Waals surface area (Å²) < 4.78 is 16.6. The van der Waals surface area contributed by atoms with E-state index in [4.69, 9.17) is 13.9 Å². The number of furan rings is 1. The molecule has 0 saturated carbocycles. The Morgan fingerprint density at radius 3 is 3.17 bits per heavy atom. The summed E-state index contributed by atoms with van der Waals surface area (Å²) in [5.74, 6) is 1.11. The largest absolute Gasteiger partial charge is 0.486 e. The summed E-state index contributed by atoms with van der Waals surface area (Å²) in [7, 11) is 0. The second kappa shape index (κ2) is 4.38. The van der Waals surface area contributed by atoms with Gasteiger partial charge in [0.2, 0.25) is 12.0 Å². The third-order valence-corrected chi connectivity index (χ3v) is 2.81. The molecule has 4 nitrogen and oxygen atoms in total. The molecule has 1 N–H and O–H groups in total. The molecule has 1 aromatic heterocycles. The van der Waals surface area contributed by atoms with E-state index < -0.39 is 6.29 Å². The Labute approximate surface area is 104 Å². The van der Waals surface area contributed by atoms with Gasteiger partial charge in [-0.05, 0) is 30.7 Å². The Morgan fingerprint density at radius 1 is 1.44 bits per heavy atom. The van der Waals surface area contributed by atoms with Crippen molar-refractivity contribution in [3.05, 3.63) is 30.0 Å². The first kappa shape index (κ1) is 11.2. The summed E-state index contributed by atoms with van der Waals surface area (Å²) in [5, 5.41) is 10.5. The second-order valence-electron chi connectivity index (χ2n) is 4.18. The highest BCUT2D eigenvalue weighted by Crippen LogP contribution is 2.42. The van der Waals surface area contributed by atoms with E-state index in [1.165, 1.54) is 0 Å². The molecule has 3 rings (SSSR count). The van der Waals surface area contributed by atoms with Crippen LogP contribution in [0.15, 0.2) is 28.9 Å². The predicted octanol–water partition coefficient (Wildman–Crippen LogP) is 2.95.